The molecule has 0 saturated heterocycles. The van der Waals surface area contributed by atoms with Crippen LogP contribution in [-0.2, 0) is 15.7 Å². The summed E-state index contributed by atoms with van der Waals surface area (Å²) in [7, 11) is 0. The van der Waals surface area contributed by atoms with Gasteiger partial charge in [-0.1, -0.05) is 62.9 Å². The van der Waals surface area contributed by atoms with Crippen LogP contribution >= 0.6 is 23.5 Å². The molecule has 0 spiro atoms. The molecule has 2 nitrogen and oxygen atoms in total. The maximum absolute atomic E-state index is 13.9. The van der Waals surface area contributed by atoms with Crippen LogP contribution in [0.5, 0.6) is 0 Å². The minimum Gasteiger partial charge on any atom is -0.463 e. The molecule has 0 aromatic heterocycles. The second kappa shape index (κ2) is 19.0. The topological polar surface area (TPSA) is 26.3 Å². The van der Waals surface area contributed by atoms with Crippen LogP contribution in [0.2, 0.25) is 0 Å². The zero-order valence-electron chi connectivity index (χ0n) is 25.0. The highest BCUT2D eigenvalue weighted by Gasteiger charge is 2.33. The summed E-state index contributed by atoms with van der Waals surface area (Å²) < 4.78 is 46.7. The van der Waals surface area contributed by atoms with E-state index in [1.165, 1.54) is 43.1 Å². The normalized spacial score (nSPS) is 10.7. The summed E-state index contributed by atoms with van der Waals surface area (Å²) in [5, 5.41) is 0. The number of unbranched alkanes of at least 4 members (excludes halogenated alkanes) is 5. The zero-order chi connectivity index (χ0) is 31.6. The first kappa shape index (κ1) is 35.0. The molecular formula is C37H37F3O2S2. The number of esters is 1. The molecule has 44 heavy (non-hydrogen) atoms. The summed E-state index contributed by atoms with van der Waals surface area (Å²) >= 11 is 3.47. The van der Waals surface area contributed by atoms with Crippen molar-refractivity contribution >= 4 is 29.5 Å². The fourth-order valence-electron chi connectivity index (χ4n) is 4.04. The van der Waals surface area contributed by atoms with E-state index in [1.54, 1.807) is 30.0 Å². The van der Waals surface area contributed by atoms with E-state index < -0.39 is 17.7 Å². The van der Waals surface area contributed by atoms with Gasteiger partial charge in [0.05, 0.1) is 12.2 Å². The first-order chi connectivity index (χ1) is 21.3. The lowest BCUT2D eigenvalue weighted by Gasteiger charge is -2.09. The number of carbonyl (C=O) groups excluding carboxylic acids is 1. The Morgan fingerprint density at radius 3 is 1.84 bits per heavy atom. The fraction of sp³-hybridized carbons (Fsp3) is 0.324. The van der Waals surface area contributed by atoms with E-state index in [2.05, 4.69) is 37.2 Å². The quantitative estimate of drug-likeness (QED) is 0.0580. The third kappa shape index (κ3) is 13.0. The van der Waals surface area contributed by atoms with Crippen LogP contribution in [0, 0.1) is 23.7 Å². The highest BCUT2D eigenvalue weighted by molar-refractivity contribution is 7.99. The Labute approximate surface area is 268 Å². The Bertz CT molecular complexity index is 1470. The van der Waals surface area contributed by atoms with E-state index >= 15 is 0 Å². The van der Waals surface area contributed by atoms with Crippen LogP contribution in [-0.4, -0.2) is 24.1 Å². The molecule has 0 atom stereocenters. The van der Waals surface area contributed by atoms with Gasteiger partial charge < -0.3 is 4.74 Å². The maximum atomic E-state index is 13.9. The number of halogens is 3. The SMILES string of the molecule is C=CC(=O)OCCCCSc1ccc(C#Cc2ccc(C#Cc3ccc(SCCCCCCC)cc3)cc2C(F)(F)F)cc1. The molecule has 0 fully saturated rings. The number of hydrogen-bond donors (Lipinski definition) is 0. The van der Waals surface area contributed by atoms with Crippen LogP contribution in [0.3, 0.4) is 0 Å². The molecule has 7 heteroatoms. The van der Waals surface area contributed by atoms with E-state index in [1.807, 2.05) is 48.2 Å². The van der Waals surface area contributed by atoms with Gasteiger partial charge in [-0.3, -0.25) is 0 Å². The number of carbonyl (C=O) groups is 1. The summed E-state index contributed by atoms with van der Waals surface area (Å²) in [6.07, 6.45) is 4.48. The van der Waals surface area contributed by atoms with Crippen molar-refractivity contribution in [3.05, 3.63) is 107 Å². The Balaban J connectivity index is 1.58. The standard InChI is InChI=1S/C37H37F3O2S2/c1-3-5-6-7-9-26-43-33-21-15-29(16-22-33)11-12-31-14-20-32(35(28-31)37(38,39)40)19-13-30-17-23-34(24-18-30)44-27-10-8-25-42-36(41)4-2/h4,14-18,20-24,28H,2-3,5-10,25-27H2,1H3. The van der Waals surface area contributed by atoms with Crippen LogP contribution in [0.15, 0.2) is 89.2 Å². The van der Waals surface area contributed by atoms with Crippen LogP contribution in [0.25, 0.3) is 0 Å². The number of rotatable bonds is 14. The minimum atomic E-state index is -4.55. The zero-order valence-corrected chi connectivity index (χ0v) is 26.6. The van der Waals surface area contributed by atoms with Crippen molar-refractivity contribution in [2.45, 2.75) is 67.8 Å². The molecule has 0 saturated carbocycles. The molecule has 0 aliphatic carbocycles. The molecule has 3 rings (SSSR count). The van der Waals surface area contributed by atoms with Crippen LogP contribution < -0.4 is 0 Å². The highest BCUT2D eigenvalue weighted by Crippen LogP contribution is 2.32. The van der Waals surface area contributed by atoms with Crippen molar-refractivity contribution in [1.29, 1.82) is 0 Å². The van der Waals surface area contributed by atoms with E-state index in [9.17, 15) is 18.0 Å². The van der Waals surface area contributed by atoms with Gasteiger partial charge in [0.25, 0.3) is 0 Å². The van der Waals surface area contributed by atoms with Crippen molar-refractivity contribution in [3.63, 3.8) is 0 Å². The lowest BCUT2D eigenvalue weighted by Crippen LogP contribution is -2.08. The van der Waals surface area contributed by atoms with E-state index in [-0.39, 0.29) is 11.1 Å². The average molecular weight is 635 g/mol. The Hall–Kier alpha value is -3.52. The van der Waals surface area contributed by atoms with Gasteiger partial charge >= 0.3 is 12.1 Å². The van der Waals surface area contributed by atoms with Gasteiger partial charge in [-0.2, -0.15) is 13.2 Å². The summed E-state index contributed by atoms with van der Waals surface area (Å²) in [5.41, 5.74) is 0.781. The summed E-state index contributed by atoms with van der Waals surface area (Å²) in [5.74, 6) is 12.9. The molecule has 0 N–H and O–H groups in total. The largest absolute Gasteiger partial charge is 0.463 e. The van der Waals surface area contributed by atoms with E-state index in [0.29, 0.717) is 12.2 Å². The molecule has 0 unspecified atom stereocenters. The monoisotopic (exact) mass is 634 g/mol. The summed E-state index contributed by atoms with van der Waals surface area (Å²) in [4.78, 5) is 13.2. The fourth-order valence-corrected chi connectivity index (χ4v) is 5.87. The second-order valence-corrected chi connectivity index (χ2v) is 12.3. The number of benzene rings is 3. The Kier molecular flexibility index (Phi) is 15.1. The number of alkyl halides is 3. The Morgan fingerprint density at radius 1 is 0.750 bits per heavy atom. The molecule has 0 bridgehead atoms. The predicted molar refractivity (Wildman–Crippen MR) is 177 cm³/mol. The molecule has 0 radical (unpaired) electrons. The van der Waals surface area contributed by atoms with Crippen molar-refractivity contribution < 1.29 is 22.7 Å². The van der Waals surface area contributed by atoms with Crippen molar-refractivity contribution in [2.24, 2.45) is 0 Å². The van der Waals surface area contributed by atoms with Crippen molar-refractivity contribution in [3.8, 4) is 23.7 Å². The average Bonchev–Trinajstić information content (AvgIpc) is 3.03. The lowest BCUT2D eigenvalue weighted by molar-refractivity contribution is -0.138. The molecule has 0 amide bonds. The molecule has 3 aromatic rings. The van der Waals surface area contributed by atoms with E-state index in [4.69, 9.17) is 4.74 Å². The van der Waals surface area contributed by atoms with Gasteiger partial charge in [-0.05, 0) is 97.5 Å². The second-order valence-electron chi connectivity index (χ2n) is 10.00. The van der Waals surface area contributed by atoms with Gasteiger partial charge in [0.2, 0.25) is 0 Å². The van der Waals surface area contributed by atoms with Gasteiger partial charge in [0.15, 0.2) is 0 Å². The summed E-state index contributed by atoms with van der Waals surface area (Å²) in [6.45, 7) is 5.93. The van der Waals surface area contributed by atoms with Crippen molar-refractivity contribution in [2.75, 3.05) is 18.1 Å². The maximum Gasteiger partial charge on any atom is 0.417 e. The van der Waals surface area contributed by atoms with Gasteiger partial charge in [-0.25, -0.2) is 4.79 Å². The van der Waals surface area contributed by atoms with Gasteiger partial charge in [0, 0.05) is 38.1 Å². The smallest absolute Gasteiger partial charge is 0.417 e. The third-order valence-corrected chi connectivity index (χ3v) is 8.66. The number of thioether (sulfide) groups is 2. The predicted octanol–water partition coefficient (Wildman–Crippen LogP) is 10.2. The molecular weight excluding hydrogens is 598 g/mol. The first-order valence-electron chi connectivity index (χ1n) is 14.8. The lowest BCUT2D eigenvalue weighted by atomic mass is 10.0. The minimum absolute atomic E-state index is 0.0882. The number of hydrogen-bond acceptors (Lipinski definition) is 4. The summed E-state index contributed by atoms with van der Waals surface area (Å²) in [6, 6.07) is 19.3. The molecule has 3 aromatic carbocycles. The molecule has 0 heterocycles. The van der Waals surface area contributed by atoms with Gasteiger partial charge in [-0.15, -0.1) is 23.5 Å². The molecule has 0 aliphatic heterocycles. The molecule has 230 valence electrons. The third-order valence-electron chi connectivity index (χ3n) is 6.46. The van der Waals surface area contributed by atoms with Crippen LogP contribution in [0.1, 0.15) is 79.7 Å². The first-order valence-corrected chi connectivity index (χ1v) is 16.8. The molecule has 0 aliphatic rings. The number of ether oxygens (including phenoxy) is 1. The van der Waals surface area contributed by atoms with Crippen LogP contribution in [0.4, 0.5) is 13.2 Å². The van der Waals surface area contributed by atoms with Gasteiger partial charge in [0.1, 0.15) is 0 Å². The van der Waals surface area contributed by atoms with Crippen molar-refractivity contribution in [1.82, 2.24) is 0 Å². The Morgan fingerprint density at radius 2 is 1.27 bits per heavy atom. The highest BCUT2D eigenvalue weighted by atomic mass is 32.2. The van der Waals surface area contributed by atoms with E-state index in [0.717, 1.165) is 46.9 Å².